The number of ether oxygens (including phenoxy) is 1. The van der Waals surface area contributed by atoms with E-state index in [1.807, 2.05) is 11.8 Å². The number of fused-ring (bicyclic) bond motifs is 3. The Kier molecular flexibility index (Phi) is 7.43. The average molecular weight is 652 g/mol. The van der Waals surface area contributed by atoms with Gasteiger partial charge in [0.05, 0.1) is 32.9 Å². The van der Waals surface area contributed by atoms with Crippen molar-refractivity contribution >= 4 is 60.4 Å². The fraction of sp³-hybridized carbons (Fsp3) is 0.438. The van der Waals surface area contributed by atoms with Crippen LogP contribution in [0.4, 0.5) is 29.7 Å². The number of alkyl halides is 1. The Bertz CT molecular complexity index is 1940. The van der Waals surface area contributed by atoms with Gasteiger partial charge in [-0.1, -0.05) is 17.7 Å². The van der Waals surface area contributed by atoms with Gasteiger partial charge in [-0.15, -0.1) is 11.3 Å². The third-order valence-electron chi connectivity index (χ3n) is 9.58. The number of piperidine rings is 1. The first-order chi connectivity index (χ1) is 21.6. The molecule has 3 saturated heterocycles. The highest BCUT2D eigenvalue weighted by atomic mass is 35.5. The summed E-state index contributed by atoms with van der Waals surface area (Å²) in [5, 5.41) is 10.2. The van der Waals surface area contributed by atoms with Gasteiger partial charge in [0.15, 0.2) is 5.82 Å². The van der Waals surface area contributed by atoms with Gasteiger partial charge in [-0.25, -0.2) is 18.0 Å². The van der Waals surface area contributed by atoms with Crippen LogP contribution in [0.25, 0.3) is 37.0 Å². The predicted molar refractivity (Wildman–Crippen MR) is 170 cm³/mol. The van der Waals surface area contributed by atoms with Gasteiger partial charge in [0, 0.05) is 47.8 Å². The summed E-state index contributed by atoms with van der Waals surface area (Å²) in [4.78, 5) is 16.9. The van der Waals surface area contributed by atoms with E-state index >= 15 is 4.39 Å². The van der Waals surface area contributed by atoms with E-state index in [1.165, 1.54) is 12.1 Å². The van der Waals surface area contributed by atoms with Gasteiger partial charge >= 0.3 is 6.01 Å². The molecular formula is C32H29ClF3N7OS. The van der Waals surface area contributed by atoms with Crippen molar-refractivity contribution in [2.75, 3.05) is 36.9 Å². The molecule has 0 amide bonds. The van der Waals surface area contributed by atoms with Crippen molar-refractivity contribution < 1.29 is 17.9 Å². The SMILES string of the molecule is [C-]#[N+]c1c(N)sc2c(F)ccc(-c3c(Cl)cc4c(N5CC[C@H](C#N)C[C@H]5C)nc(OC[C@@]56CCCN5C[C@H](F)C6)nc4c3F)c12. The maximum absolute atomic E-state index is 16.9. The van der Waals surface area contributed by atoms with Gasteiger partial charge in [0.2, 0.25) is 5.69 Å². The Hall–Kier alpha value is -3.84. The number of thiophene rings is 1. The van der Waals surface area contributed by atoms with E-state index < -0.39 is 23.3 Å². The van der Waals surface area contributed by atoms with Gasteiger partial charge in [0.1, 0.15) is 29.9 Å². The zero-order chi connectivity index (χ0) is 31.6. The fourth-order valence-corrected chi connectivity index (χ4v) is 8.67. The van der Waals surface area contributed by atoms with Gasteiger partial charge in [-0.3, -0.25) is 4.90 Å². The smallest absolute Gasteiger partial charge is 0.319 e. The predicted octanol–water partition coefficient (Wildman–Crippen LogP) is 7.66. The molecule has 2 aromatic carbocycles. The molecule has 0 unspecified atom stereocenters. The Morgan fingerprint density at radius 2 is 2.13 bits per heavy atom. The zero-order valence-corrected chi connectivity index (χ0v) is 26.0. The molecule has 3 aliphatic heterocycles. The minimum atomic E-state index is -0.939. The molecule has 4 atom stereocenters. The number of nitriles is 1. The molecule has 0 spiro atoms. The molecule has 8 nitrogen and oxygen atoms in total. The first-order valence-electron chi connectivity index (χ1n) is 14.9. The van der Waals surface area contributed by atoms with E-state index in [2.05, 4.69) is 20.8 Å². The second-order valence-corrected chi connectivity index (χ2v) is 13.7. The van der Waals surface area contributed by atoms with Gasteiger partial charge in [0.25, 0.3) is 0 Å². The Morgan fingerprint density at radius 3 is 2.89 bits per heavy atom. The Labute approximate surface area is 267 Å². The van der Waals surface area contributed by atoms with Crippen LogP contribution in [0.2, 0.25) is 5.02 Å². The lowest BCUT2D eigenvalue weighted by molar-refractivity contribution is 0.107. The van der Waals surface area contributed by atoms with Gasteiger partial charge in [-0.2, -0.15) is 15.2 Å². The Morgan fingerprint density at radius 1 is 1.31 bits per heavy atom. The van der Waals surface area contributed by atoms with Crippen molar-refractivity contribution in [1.29, 1.82) is 5.26 Å². The van der Waals surface area contributed by atoms with Crippen LogP contribution in [-0.4, -0.2) is 58.9 Å². The van der Waals surface area contributed by atoms with Gasteiger partial charge < -0.3 is 15.4 Å². The van der Waals surface area contributed by atoms with Crippen LogP contribution < -0.4 is 15.4 Å². The minimum absolute atomic E-state index is 0.0322. The highest BCUT2D eigenvalue weighted by molar-refractivity contribution is 7.23. The topological polar surface area (TPSA) is 95.7 Å². The number of benzene rings is 2. The molecule has 3 fully saturated rings. The van der Waals surface area contributed by atoms with Crippen LogP contribution >= 0.6 is 22.9 Å². The highest BCUT2D eigenvalue weighted by Crippen LogP contribution is 2.49. The van der Waals surface area contributed by atoms with Crippen LogP contribution in [0.1, 0.15) is 39.0 Å². The van der Waals surface area contributed by atoms with Crippen molar-refractivity contribution in [1.82, 2.24) is 14.9 Å². The number of nitrogens with zero attached hydrogens (tertiary/aromatic N) is 6. The number of anilines is 2. The van der Waals surface area contributed by atoms with Crippen LogP contribution in [0.15, 0.2) is 18.2 Å². The second kappa shape index (κ2) is 11.2. The van der Waals surface area contributed by atoms with Crippen molar-refractivity contribution in [2.45, 2.75) is 56.8 Å². The quantitative estimate of drug-likeness (QED) is 0.221. The third kappa shape index (κ3) is 4.82. The molecule has 45 heavy (non-hydrogen) atoms. The molecule has 7 rings (SSSR count). The second-order valence-electron chi connectivity index (χ2n) is 12.3. The standard InChI is InChI=1S/C32H29ClF3N7OS/c1-16-10-17(13-37)6-9-43(16)30-20-11-21(33)23(19-4-5-22(35)28-24(19)27(39-2)29(38)45-28)25(36)26(20)40-31(41-30)44-15-32-7-3-8-42(32)14-18(34)12-32/h4-5,11,16-18H,3,6-10,12,14-15,38H2,1H3/t16-,17+,18-,32+/m1/s1. The number of rotatable bonds is 5. The summed E-state index contributed by atoms with van der Waals surface area (Å²) in [5.41, 5.74) is 5.75. The maximum Gasteiger partial charge on any atom is 0.319 e. The molecule has 232 valence electrons. The lowest BCUT2D eigenvalue weighted by Gasteiger charge is -2.37. The lowest BCUT2D eigenvalue weighted by Crippen LogP contribution is -2.43. The normalized spacial score (nSPS) is 25.0. The van der Waals surface area contributed by atoms with E-state index in [0.717, 1.165) is 30.7 Å². The number of hydrogen-bond acceptors (Lipinski definition) is 8. The van der Waals surface area contributed by atoms with Crippen LogP contribution in [0, 0.1) is 35.5 Å². The minimum Gasteiger partial charge on any atom is -0.461 e. The van der Waals surface area contributed by atoms with Crippen LogP contribution in [-0.2, 0) is 0 Å². The molecule has 13 heteroatoms. The fourth-order valence-electron chi connectivity index (χ4n) is 7.43. The van der Waals surface area contributed by atoms with E-state index in [0.29, 0.717) is 43.6 Å². The summed E-state index contributed by atoms with van der Waals surface area (Å²) in [6.07, 6.45) is 2.36. The molecule has 0 bridgehead atoms. The molecule has 2 aromatic heterocycles. The number of aromatic nitrogens is 2. The summed E-state index contributed by atoms with van der Waals surface area (Å²) in [5.74, 6) is -1.03. The Balaban J connectivity index is 1.40. The summed E-state index contributed by atoms with van der Waals surface area (Å²) in [6, 6.07) is 6.39. The maximum atomic E-state index is 16.9. The molecular weight excluding hydrogens is 623 g/mol. The van der Waals surface area contributed by atoms with Gasteiger partial charge in [-0.05, 0) is 56.8 Å². The number of nitrogens with two attached hydrogens (primary N) is 1. The number of hydrogen-bond donors (Lipinski definition) is 1. The summed E-state index contributed by atoms with van der Waals surface area (Å²) in [7, 11) is 0. The van der Waals surface area contributed by atoms with E-state index in [1.54, 1.807) is 6.07 Å². The lowest BCUT2D eigenvalue weighted by atomic mass is 9.92. The monoisotopic (exact) mass is 651 g/mol. The van der Waals surface area contributed by atoms with E-state index in [9.17, 15) is 14.0 Å². The van der Waals surface area contributed by atoms with Crippen molar-refractivity contribution in [3.8, 4) is 23.2 Å². The zero-order valence-electron chi connectivity index (χ0n) is 24.4. The van der Waals surface area contributed by atoms with Crippen LogP contribution in [0.3, 0.4) is 0 Å². The highest BCUT2D eigenvalue weighted by Gasteiger charge is 2.49. The van der Waals surface area contributed by atoms with Crippen molar-refractivity contribution in [2.24, 2.45) is 5.92 Å². The van der Waals surface area contributed by atoms with Crippen molar-refractivity contribution in [3.05, 3.63) is 46.3 Å². The number of halogens is 4. The number of nitrogen functional groups attached to an aromatic ring is 1. The molecule has 3 aliphatic rings. The third-order valence-corrected chi connectivity index (χ3v) is 10.9. The van der Waals surface area contributed by atoms with E-state index in [4.69, 9.17) is 33.6 Å². The average Bonchev–Trinajstić information content (AvgIpc) is 3.66. The molecule has 0 aliphatic carbocycles. The molecule has 4 aromatic rings. The first-order valence-corrected chi connectivity index (χ1v) is 16.1. The molecule has 0 radical (unpaired) electrons. The summed E-state index contributed by atoms with van der Waals surface area (Å²) < 4.78 is 52.5. The summed E-state index contributed by atoms with van der Waals surface area (Å²) >= 11 is 7.73. The van der Waals surface area contributed by atoms with Crippen LogP contribution in [0.5, 0.6) is 6.01 Å². The molecule has 5 heterocycles. The van der Waals surface area contributed by atoms with Crippen molar-refractivity contribution in [3.63, 3.8) is 0 Å². The molecule has 2 N–H and O–H groups in total. The van der Waals surface area contributed by atoms with E-state index in [-0.39, 0.29) is 67.0 Å². The largest absolute Gasteiger partial charge is 0.461 e. The molecule has 0 saturated carbocycles. The first kappa shape index (κ1) is 29.8. The summed E-state index contributed by atoms with van der Waals surface area (Å²) in [6.45, 7) is 11.5.